The molecule has 0 bridgehead atoms. The Morgan fingerprint density at radius 1 is 0.968 bits per heavy atom. The number of nitrogens with one attached hydrogen (secondary N) is 2. The highest BCUT2D eigenvalue weighted by Crippen LogP contribution is 2.42. The van der Waals surface area contributed by atoms with Gasteiger partial charge in [-0.05, 0) is 36.8 Å². The van der Waals surface area contributed by atoms with Crippen LogP contribution >= 0.6 is 0 Å². The van der Waals surface area contributed by atoms with Gasteiger partial charge in [-0.2, -0.15) is 0 Å². The Bertz CT molecular complexity index is 1280. The summed E-state index contributed by atoms with van der Waals surface area (Å²) < 4.78 is 0. The minimum atomic E-state index is -0.218. The molecule has 3 aromatic carbocycles. The monoisotopic (exact) mass is 409 g/mol. The van der Waals surface area contributed by atoms with Crippen LogP contribution in [-0.2, 0) is 4.79 Å². The van der Waals surface area contributed by atoms with E-state index in [4.69, 9.17) is 0 Å². The number of H-pyrrole nitrogens is 1. The molecule has 0 spiro atoms. The third-order valence-corrected chi connectivity index (χ3v) is 5.91. The third-order valence-electron chi connectivity index (χ3n) is 5.91. The number of carbonyl (C=O) groups is 2. The van der Waals surface area contributed by atoms with Crippen molar-refractivity contribution >= 4 is 28.4 Å². The van der Waals surface area contributed by atoms with Gasteiger partial charge in [0.1, 0.15) is 0 Å². The zero-order chi connectivity index (χ0) is 21.4. The molecule has 2 N–H and O–H groups in total. The van der Waals surface area contributed by atoms with Gasteiger partial charge in [0.15, 0.2) is 0 Å². The van der Waals surface area contributed by atoms with Crippen molar-refractivity contribution in [2.75, 3.05) is 11.9 Å². The fourth-order valence-corrected chi connectivity index (χ4v) is 4.53. The molecule has 2 heterocycles. The van der Waals surface area contributed by atoms with Crippen LogP contribution in [0, 0.1) is 6.92 Å². The summed E-state index contributed by atoms with van der Waals surface area (Å²) in [6.45, 7) is 2.39. The summed E-state index contributed by atoms with van der Waals surface area (Å²) in [5.74, 6) is -0.137. The smallest absolute Gasteiger partial charge is 0.255 e. The highest BCUT2D eigenvalue weighted by Gasteiger charge is 2.39. The van der Waals surface area contributed by atoms with Gasteiger partial charge in [-0.3, -0.25) is 9.59 Å². The molecule has 0 saturated carbocycles. The number of carbonyl (C=O) groups excluding carboxylic acids is 2. The van der Waals surface area contributed by atoms with Crippen LogP contribution in [0.3, 0.4) is 0 Å². The highest BCUT2D eigenvalue weighted by atomic mass is 16.2. The van der Waals surface area contributed by atoms with Crippen LogP contribution in [0.2, 0.25) is 0 Å². The molecule has 1 aliphatic heterocycles. The van der Waals surface area contributed by atoms with E-state index in [0.29, 0.717) is 12.1 Å². The van der Waals surface area contributed by atoms with Crippen LogP contribution < -0.4 is 5.32 Å². The van der Waals surface area contributed by atoms with Gasteiger partial charge in [0, 0.05) is 46.4 Å². The zero-order valence-corrected chi connectivity index (χ0v) is 17.3. The van der Waals surface area contributed by atoms with E-state index >= 15 is 0 Å². The van der Waals surface area contributed by atoms with E-state index in [1.54, 1.807) is 0 Å². The number of aryl methyl sites for hydroxylation is 1. The summed E-state index contributed by atoms with van der Waals surface area (Å²) in [5, 5.41) is 4.01. The van der Waals surface area contributed by atoms with Gasteiger partial charge >= 0.3 is 0 Å². The zero-order valence-electron chi connectivity index (χ0n) is 17.3. The SMILES string of the molecule is Cc1[nH]c2ccccc2c1[C@@H]1c2ccccc2C(=O)N1CCC(=O)Nc1ccccc1. The first-order valence-electron chi connectivity index (χ1n) is 10.5. The molecule has 1 aromatic heterocycles. The summed E-state index contributed by atoms with van der Waals surface area (Å²) in [6.07, 6.45) is 0.229. The first-order valence-corrected chi connectivity index (χ1v) is 10.5. The number of rotatable bonds is 5. The number of hydrogen-bond acceptors (Lipinski definition) is 2. The van der Waals surface area contributed by atoms with Crippen molar-refractivity contribution in [3.05, 3.63) is 101 Å². The normalized spacial score (nSPS) is 15.3. The molecular formula is C26H23N3O2. The van der Waals surface area contributed by atoms with Crippen molar-refractivity contribution in [1.82, 2.24) is 9.88 Å². The van der Waals surface area contributed by atoms with Crippen LogP contribution in [0.25, 0.3) is 10.9 Å². The standard InChI is InChI=1S/C26H23N3O2/c1-17-24(21-13-7-8-14-22(21)27-17)25-19-11-5-6-12-20(19)26(31)29(25)16-15-23(30)28-18-9-3-2-4-10-18/h2-14,25,27H,15-16H2,1H3,(H,28,30)/t25-/m0/s1. The molecule has 5 heteroatoms. The van der Waals surface area contributed by atoms with Crippen molar-refractivity contribution in [2.45, 2.75) is 19.4 Å². The summed E-state index contributed by atoms with van der Waals surface area (Å²) in [4.78, 5) is 31.2. The van der Waals surface area contributed by atoms with Gasteiger partial charge in [0.2, 0.25) is 5.91 Å². The summed E-state index contributed by atoms with van der Waals surface area (Å²) in [7, 11) is 0. The topological polar surface area (TPSA) is 65.2 Å². The summed E-state index contributed by atoms with van der Waals surface area (Å²) in [5.41, 5.74) is 5.64. The number of aromatic amines is 1. The van der Waals surface area contributed by atoms with Gasteiger partial charge in [0.25, 0.3) is 5.91 Å². The maximum atomic E-state index is 13.3. The molecule has 0 radical (unpaired) electrons. The van der Waals surface area contributed by atoms with E-state index in [-0.39, 0.29) is 24.3 Å². The predicted molar refractivity (Wildman–Crippen MR) is 122 cm³/mol. The number of anilines is 1. The van der Waals surface area contributed by atoms with Gasteiger partial charge in [-0.25, -0.2) is 0 Å². The second kappa shape index (κ2) is 7.76. The number of para-hydroxylation sites is 2. The minimum Gasteiger partial charge on any atom is -0.358 e. The second-order valence-corrected chi connectivity index (χ2v) is 7.86. The maximum Gasteiger partial charge on any atom is 0.255 e. The lowest BCUT2D eigenvalue weighted by Crippen LogP contribution is -2.32. The lowest BCUT2D eigenvalue weighted by atomic mass is 9.95. The van der Waals surface area contributed by atoms with E-state index < -0.39 is 0 Å². The molecule has 1 aliphatic rings. The minimum absolute atomic E-state index is 0.0298. The Morgan fingerprint density at radius 2 is 1.68 bits per heavy atom. The first-order chi connectivity index (χ1) is 15.1. The molecule has 2 amide bonds. The fraction of sp³-hybridized carbons (Fsp3) is 0.154. The number of fused-ring (bicyclic) bond motifs is 2. The largest absolute Gasteiger partial charge is 0.358 e. The van der Waals surface area contributed by atoms with Gasteiger partial charge in [-0.1, -0.05) is 54.6 Å². The number of benzene rings is 3. The Hall–Kier alpha value is -3.86. The second-order valence-electron chi connectivity index (χ2n) is 7.86. The molecule has 0 fully saturated rings. The molecule has 31 heavy (non-hydrogen) atoms. The quantitative estimate of drug-likeness (QED) is 0.484. The van der Waals surface area contributed by atoms with Crippen LogP contribution in [-0.4, -0.2) is 28.2 Å². The van der Waals surface area contributed by atoms with Crippen LogP contribution in [0.1, 0.15) is 39.6 Å². The Labute approximate surface area is 180 Å². The summed E-state index contributed by atoms with van der Waals surface area (Å²) in [6, 6.07) is 25.1. The highest BCUT2D eigenvalue weighted by molar-refractivity contribution is 6.01. The van der Waals surface area contributed by atoms with Crippen molar-refractivity contribution < 1.29 is 9.59 Å². The first kappa shape index (κ1) is 19.1. The van der Waals surface area contributed by atoms with Gasteiger partial charge in [-0.15, -0.1) is 0 Å². The molecule has 4 aromatic rings. The van der Waals surface area contributed by atoms with Gasteiger partial charge < -0.3 is 15.2 Å². The maximum absolute atomic E-state index is 13.3. The van der Waals surface area contributed by atoms with Crippen LogP contribution in [0.5, 0.6) is 0 Å². The van der Waals surface area contributed by atoms with Crippen molar-refractivity contribution in [2.24, 2.45) is 0 Å². The third kappa shape index (κ3) is 3.38. The van der Waals surface area contributed by atoms with Crippen molar-refractivity contribution in [1.29, 1.82) is 0 Å². The number of amides is 2. The number of aromatic nitrogens is 1. The average molecular weight is 409 g/mol. The van der Waals surface area contributed by atoms with E-state index in [1.807, 2.05) is 84.6 Å². The lowest BCUT2D eigenvalue weighted by Gasteiger charge is -2.26. The van der Waals surface area contributed by atoms with Gasteiger partial charge in [0.05, 0.1) is 6.04 Å². The van der Waals surface area contributed by atoms with Crippen molar-refractivity contribution in [3.63, 3.8) is 0 Å². The van der Waals surface area contributed by atoms with E-state index in [9.17, 15) is 9.59 Å². The van der Waals surface area contributed by atoms with E-state index in [1.165, 1.54) is 0 Å². The molecule has 0 aliphatic carbocycles. The molecule has 0 unspecified atom stereocenters. The fourth-order valence-electron chi connectivity index (χ4n) is 4.53. The molecular weight excluding hydrogens is 386 g/mol. The molecule has 1 atom stereocenters. The lowest BCUT2D eigenvalue weighted by molar-refractivity contribution is -0.116. The Kier molecular flexibility index (Phi) is 4.79. The van der Waals surface area contributed by atoms with E-state index in [0.717, 1.165) is 33.4 Å². The predicted octanol–water partition coefficient (Wildman–Crippen LogP) is 5.05. The number of hydrogen-bond donors (Lipinski definition) is 2. The Balaban J connectivity index is 1.48. The van der Waals surface area contributed by atoms with Crippen molar-refractivity contribution in [3.8, 4) is 0 Å². The summed E-state index contributed by atoms with van der Waals surface area (Å²) >= 11 is 0. The average Bonchev–Trinajstić information content (AvgIpc) is 3.26. The van der Waals surface area contributed by atoms with Crippen LogP contribution in [0.15, 0.2) is 78.9 Å². The van der Waals surface area contributed by atoms with E-state index in [2.05, 4.69) is 16.4 Å². The molecule has 5 rings (SSSR count). The Morgan fingerprint density at radius 3 is 2.52 bits per heavy atom. The number of nitrogens with zero attached hydrogens (tertiary/aromatic N) is 1. The molecule has 5 nitrogen and oxygen atoms in total. The molecule has 154 valence electrons. The molecule has 0 saturated heterocycles. The van der Waals surface area contributed by atoms with Crippen LogP contribution in [0.4, 0.5) is 5.69 Å².